The normalized spacial score (nSPS) is 15.8. The number of ether oxygens (including phenoxy) is 1. The van der Waals surface area contributed by atoms with Gasteiger partial charge in [0.25, 0.3) is 11.5 Å². The zero-order valence-electron chi connectivity index (χ0n) is 16.0. The third kappa shape index (κ3) is 3.96. The highest BCUT2D eigenvalue weighted by Crippen LogP contribution is 2.32. The Hall–Kier alpha value is -2.23. The Kier molecular flexibility index (Phi) is 6.48. The van der Waals surface area contributed by atoms with Gasteiger partial charge in [-0.05, 0) is 31.1 Å². The summed E-state index contributed by atoms with van der Waals surface area (Å²) in [6.45, 7) is 5.39. The Labute approximate surface area is 172 Å². The molecular formula is C19H22N4O3S2. The fraction of sp³-hybridized carbons (Fsp3) is 0.368. The van der Waals surface area contributed by atoms with Crippen LogP contribution < -0.4 is 10.9 Å². The van der Waals surface area contributed by atoms with E-state index in [1.165, 1.54) is 21.1 Å². The van der Waals surface area contributed by atoms with Gasteiger partial charge in [0.2, 0.25) is 0 Å². The molecule has 1 aliphatic rings. The molecule has 1 N–H and O–H groups in total. The predicted octanol–water partition coefficient (Wildman–Crippen LogP) is 2.67. The second-order valence-corrected chi connectivity index (χ2v) is 7.99. The van der Waals surface area contributed by atoms with E-state index in [2.05, 4.69) is 10.3 Å². The number of aromatic nitrogens is 2. The van der Waals surface area contributed by atoms with Crippen molar-refractivity contribution in [1.29, 1.82) is 0 Å². The summed E-state index contributed by atoms with van der Waals surface area (Å²) in [5.41, 5.74) is 1.62. The van der Waals surface area contributed by atoms with Crippen LogP contribution in [0.15, 0.2) is 28.0 Å². The van der Waals surface area contributed by atoms with E-state index in [0.717, 1.165) is 12.0 Å². The van der Waals surface area contributed by atoms with Crippen LogP contribution in [0.3, 0.4) is 0 Å². The number of thiocarbonyl (C=S) groups is 1. The van der Waals surface area contributed by atoms with Crippen LogP contribution in [0.5, 0.6) is 0 Å². The first-order chi connectivity index (χ1) is 13.5. The van der Waals surface area contributed by atoms with E-state index < -0.39 is 0 Å². The highest BCUT2D eigenvalue weighted by molar-refractivity contribution is 8.26. The van der Waals surface area contributed by atoms with Gasteiger partial charge in [-0.3, -0.25) is 18.9 Å². The van der Waals surface area contributed by atoms with Crippen molar-refractivity contribution in [3.63, 3.8) is 0 Å². The number of aryl methyl sites for hydroxylation is 1. The summed E-state index contributed by atoms with van der Waals surface area (Å²) in [4.78, 5) is 32.4. The van der Waals surface area contributed by atoms with Gasteiger partial charge in [-0.15, -0.1) is 0 Å². The van der Waals surface area contributed by atoms with E-state index in [0.29, 0.717) is 46.0 Å². The molecule has 7 nitrogen and oxygen atoms in total. The molecule has 148 valence electrons. The Balaban J connectivity index is 2.10. The molecule has 0 spiro atoms. The zero-order chi connectivity index (χ0) is 20.3. The topological polar surface area (TPSA) is 75.9 Å². The molecule has 1 fully saturated rings. The molecule has 0 aromatic carbocycles. The standard InChI is InChI=1S/C19H22N4O3S2/c1-4-7-20-15-13(17(24)22-8-5-6-12(2)16(22)21-15)11-14-18(25)23(9-10-26-3)19(27)28-14/h5-6,8,11,20H,4,7,9-10H2,1-3H3. The number of amides is 1. The van der Waals surface area contributed by atoms with Gasteiger partial charge in [0.1, 0.15) is 15.8 Å². The lowest BCUT2D eigenvalue weighted by atomic mass is 10.2. The minimum absolute atomic E-state index is 0.220. The fourth-order valence-electron chi connectivity index (χ4n) is 2.83. The summed E-state index contributed by atoms with van der Waals surface area (Å²) in [5.74, 6) is 0.255. The van der Waals surface area contributed by atoms with Crippen molar-refractivity contribution in [3.05, 3.63) is 44.7 Å². The minimum Gasteiger partial charge on any atom is -0.383 e. The Morgan fingerprint density at radius 2 is 2.18 bits per heavy atom. The summed E-state index contributed by atoms with van der Waals surface area (Å²) in [5, 5.41) is 3.21. The Bertz CT molecular complexity index is 1020. The third-order valence-corrected chi connectivity index (χ3v) is 5.67. The van der Waals surface area contributed by atoms with Crippen molar-refractivity contribution in [2.24, 2.45) is 0 Å². The van der Waals surface area contributed by atoms with E-state index in [1.807, 2.05) is 19.9 Å². The van der Waals surface area contributed by atoms with Gasteiger partial charge < -0.3 is 10.1 Å². The molecule has 9 heteroatoms. The largest absolute Gasteiger partial charge is 0.383 e. The van der Waals surface area contributed by atoms with Crippen LogP contribution in [-0.4, -0.2) is 51.3 Å². The first-order valence-corrected chi connectivity index (χ1v) is 10.2. The van der Waals surface area contributed by atoms with Crippen LogP contribution in [0.2, 0.25) is 0 Å². The van der Waals surface area contributed by atoms with Crippen molar-refractivity contribution in [1.82, 2.24) is 14.3 Å². The van der Waals surface area contributed by atoms with Crippen molar-refractivity contribution in [3.8, 4) is 0 Å². The molecule has 0 atom stereocenters. The maximum atomic E-state index is 13.1. The second kappa shape index (κ2) is 8.85. The number of thioether (sulfide) groups is 1. The number of nitrogens with zero attached hydrogens (tertiary/aromatic N) is 3. The first-order valence-electron chi connectivity index (χ1n) is 8.98. The third-order valence-electron chi connectivity index (χ3n) is 4.29. The quantitative estimate of drug-likeness (QED) is 0.547. The van der Waals surface area contributed by atoms with Crippen molar-refractivity contribution in [2.75, 3.05) is 32.1 Å². The van der Waals surface area contributed by atoms with E-state index in [-0.39, 0.29) is 11.5 Å². The van der Waals surface area contributed by atoms with Gasteiger partial charge in [0, 0.05) is 19.9 Å². The van der Waals surface area contributed by atoms with E-state index in [9.17, 15) is 9.59 Å². The molecule has 3 heterocycles. The molecule has 0 unspecified atom stereocenters. The number of carbonyl (C=O) groups excluding carboxylic acids is 1. The lowest BCUT2D eigenvalue weighted by Crippen LogP contribution is -2.31. The zero-order valence-corrected chi connectivity index (χ0v) is 17.7. The summed E-state index contributed by atoms with van der Waals surface area (Å²) in [6.07, 6.45) is 4.16. The highest BCUT2D eigenvalue weighted by Gasteiger charge is 2.32. The van der Waals surface area contributed by atoms with Crippen LogP contribution >= 0.6 is 24.0 Å². The number of anilines is 1. The van der Waals surface area contributed by atoms with Gasteiger partial charge in [0.05, 0.1) is 23.6 Å². The van der Waals surface area contributed by atoms with Crippen LogP contribution in [0.25, 0.3) is 11.7 Å². The molecule has 2 aromatic heterocycles. The number of hydrogen-bond acceptors (Lipinski definition) is 7. The number of hydrogen-bond donors (Lipinski definition) is 1. The van der Waals surface area contributed by atoms with Crippen LogP contribution in [0.1, 0.15) is 24.5 Å². The lowest BCUT2D eigenvalue weighted by Gasteiger charge is -2.13. The molecule has 1 saturated heterocycles. The number of methoxy groups -OCH3 is 1. The van der Waals surface area contributed by atoms with Gasteiger partial charge in [-0.2, -0.15) is 0 Å². The molecule has 0 saturated carbocycles. The molecular weight excluding hydrogens is 396 g/mol. The maximum absolute atomic E-state index is 13.1. The van der Waals surface area contributed by atoms with E-state index in [4.69, 9.17) is 17.0 Å². The molecule has 1 amide bonds. The smallest absolute Gasteiger partial charge is 0.267 e. The van der Waals surface area contributed by atoms with Crippen LogP contribution in [0.4, 0.5) is 5.82 Å². The number of pyridine rings is 1. The average molecular weight is 419 g/mol. The Morgan fingerprint density at radius 3 is 2.89 bits per heavy atom. The van der Waals surface area contributed by atoms with E-state index in [1.54, 1.807) is 25.4 Å². The number of fused-ring (bicyclic) bond motifs is 1. The molecule has 0 radical (unpaired) electrons. The lowest BCUT2D eigenvalue weighted by molar-refractivity contribution is -0.122. The molecule has 28 heavy (non-hydrogen) atoms. The van der Waals surface area contributed by atoms with E-state index >= 15 is 0 Å². The molecule has 0 aliphatic carbocycles. The fourth-order valence-corrected chi connectivity index (χ4v) is 4.12. The van der Waals surface area contributed by atoms with Gasteiger partial charge >= 0.3 is 0 Å². The van der Waals surface area contributed by atoms with Gasteiger partial charge in [-0.25, -0.2) is 4.98 Å². The maximum Gasteiger partial charge on any atom is 0.267 e. The SMILES string of the molecule is CCCNc1nc2c(C)cccn2c(=O)c1C=C1SC(=S)N(CCOC)C1=O. The number of carbonyl (C=O) groups is 1. The molecule has 2 aromatic rings. The highest BCUT2D eigenvalue weighted by atomic mass is 32.2. The number of nitrogens with one attached hydrogen (secondary N) is 1. The Morgan fingerprint density at radius 1 is 1.39 bits per heavy atom. The van der Waals surface area contributed by atoms with Gasteiger partial charge in [-0.1, -0.05) is 37.0 Å². The molecule has 1 aliphatic heterocycles. The average Bonchev–Trinajstić information content (AvgIpc) is 2.94. The van der Waals surface area contributed by atoms with Gasteiger partial charge in [0.15, 0.2) is 0 Å². The van der Waals surface area contributed by atoms with Crippen molar-refractivity contribution in [2.45, 2.75) is 20.3 Å². The predicted molar refractivity (Wildman–Crippen MR) is 117 cm³/mol. The summed E-state index contributed by atoms with van der Waals surface area (Å²) >= 11 is 6.50. The number of rotatable bonds is 7. The van der Waals surface area contributed by atoms with Crippen molar-refractivity contribution < 1.29 is 9.53 Å². The van der Waals surface area contributed by atoms with Crippen molar-refractivity contribution >= 4 is 51.7 Å². The monoisotopic (exact) mass is 418 g/mol. The second-order valence-electron chi connectivity index (χ2n) is 6.32. The van der Waals surface area contributed by atoms with Crippen LogP contribution in [-0.2, 0) is 9.53 Å². The molecule has 0 bridgehead atoms. The molecule has 3 rings (SSSR count). The summed E-state index contributed by atoms with van der Waals surface area (Å²) in [6, 6.07) is 3.71. The summed E-state index contributed by atoms with van der Waals surface area (Å²) in [7, 11) is 1.57. The summed E-state index contributed by atoms with van der Waals surface area (Å²) < 4.78 is 7.00. The van der Waals surface area contributed by atoms with Crippen LogP contribution in [0, 0.1) is 6.92 Å². The first kappa shape index (κ1) is 20.5. The minimum atomic E-state index is -0.227.